The maximum Gasteiger partial charge on any atom is 0.247 e. The van der Waals surface area contributed by atoms with Crippen LogP contribution in [0.5, 0.6) is 11.5 Å². The van der Waals surface area contributed by atoms with Gasteiger partial charge in [0.1, 0.15) is 22.2 Å². The number of rotatable bonds is 9. The zero-order chi connectivity index (χ0) is 26.4. The molecule has 0 radical (unpaired) electrons. The normalized spacial score (nSPS) is 14.1. The predicted molar refractivity (Wildman–Crippen MR) is 139 cm³/mol. The third kappa shape index (κ3) is 6.20. The summed E-state index contributed by atoms with van der Waals surface area (Å²) in [5.74, 6) is -0.0634. The largest absolute Gasteiger partial charge is 0.497 e. The third-order valence-corrected chi connectivity index (χ3v) is 8.14. The highest BCUT2D eigenvalue weighted by Gasteiger charge is 2.32. The summed E-state index contributed by atoms with van der Waals surface area (Å²) in [7, 11) is -1.28. The second kappa shape index (κ2) is 11.6. The molecule has 0 spiro atoms. The molecular formula is C27H30FN3O5S. The second-order valence-electron chi connectivity index (χ2n) is 8.62. The Balaban J connectivity index is 1.55. The summed E-state index contributed by atoms with van der Waals surface area (Å²) in [4.78, 5) is 17.0. The van der Waals surface area contributed by atoms with E-state index >= 15 is 0 Å². The molecule has 196 valence electrons. The summed E-state index contributed by atoms with van der Waals surface area (Å²) < 4.78 is 52.7. The highest BCUT2D eigenvalue weighted by molar-refractivity contribution is 7.89. The van der Waals surface area contributed by atoms with Crippen LogP contribution in [0.4, 0.5) is 10.1 Å². The summed E-state index contributed by atoms with van der Waals surface area (Å²) in [6.07, 6.45) is 0. The maximum absolute atomic E-state index is 13.8. The number of carbonyl (C=O) groups is 1. The van der Waals surface area contributed by atoms with Gasteiger partial charge in [-0.1, -0.05) is 30.3 Å². The van der Waals surface area contributed by atoms with E-state index in [9.17, 15) is 17.6 Å². The number of piperazine rings is 1. The number of hydrogen-bond acceptors (Lipinski definition) is 6. The number of hydrogen-bond donors (Lipinski definition) is 0. The lowest BCUT2D eigenvalue weighted by molar-refractivity contribution is -0.131. The summed E-state index contributed by atoms with van der Waals surface area (Å²) in [6.45, 7) is 1.67. The van der Waals surface area contributed by atoms with E-state index in [2.05, 4.69) is 4.90 Å². The molecule has 8 nitrogen and oxygen atoms in total. The number of anilines is 1. The first-order valence-electron chi connectivity index (χ1n) is 11.9. The van der Waals surface area contributed by atoms with Crippen LogP contribution in [-0.4, -0.2) is 70.5 Å². The molecule has 0 saturated carbocycles. The minimum atomic E-state index is -4.13. The number of amides is 1. The Bertz CT molecular complexity index is 1310. The SMILES string of the molecule is COc1ccc(OC)c(S(=O)(=O)N(CC(=O)N2CCN(c3ccc(F)cc3)CC2)Cc2ccccc2)c1. The summed E-state index contributed by atoms with van der Waals surface area (Å²) in [5.41, 5.74) is 1.63. The summed E-state index contributed by atoms with van der Waals surface area (Å²) >= 11 is 0. The van der Waals surface area contributed by atoms with Crippen molar-refractivity contribution in [1.29, 1.82) is 0 Å². The van der Waals surface area contributed by atoms with Gasteiger partial charge in [0, 0.05) is 44.5 Å². The van der Waals surface area contributed by atoms with Gasteiger partial charge in [-0.3, -0.25) is 4.79 Å². The van der Waals surface area contributed by atoms with Crippen molar-refractivity contribution in [2.45, 2.75) is 11.4 Å². The van der Waals surface area contributed by atoms with Crippen LogP contribution in [0.15, 0.2) is 77.7 Å². The molecule has 0 bridgehead atoms. The molecule has 0 atom stereocenters. The van der Waals surface area contributed by atoms with E-state index in [1.54, 1.807) is 23.1 Å². The molecule has 0 N–H and O–H groups in total. The predicted octanol–water partition coefficient (Wildman–Crippen LogP) is 3.38. The molecule has 0 unspecified atom stereocenters. The first kappa shape index (κ1) is 26.4. The lowest BCUT2D eigenvalue weighted by Gasteiger charge is -2.37. The molecule has 37 heavy (non-hydrogen) atoms. The van der Waals surface area contributed by atoms with E-state index in [1.165, 1.54) is 42.8 Å². The van der Waals surface area contributed by atoms with Crippen molar-refractivity contribution < 1.29 is 27.1 Å². The molecule has 3 aromatic carbocycles. The lowest BCUT2D eigenvalue weighted by atomic mass is 10.2. The average Bonchev–Trinajstić information content (AvgIpc) is 2.93. The smallest absolute Gasteiger partial charge is 0.247 e. The van der Waals surface area contributed by atoms with Gasteiger partial charge < -0.3 is 19.3 Å². The van der Waals surface area contributed by atoms with E-state index < -0.39 is 10.0 Å². The van der Waals surface area contributed by atoms with Gasteiger partial charge in [0.05, 0.1) is 20.8 Å². The average molecular weight is 528 g/mol. The second-order valence-corrected chi connectivity index (χ2v) is 10.5. The first-order chi connectivity index (χ1) is 17.8. The molecule has 1 heterocycles. The minimum absolute atomic E-state index is 0.0187. The monoisotopic (exact) mass is 527 g/mol. The molecule has 1 fully saturated rings. The van der Waals surface area contributed by atoms with Crippen LogP contribution in [0.2, 0.25) is 0 Å². The van der Waals surface area contributed by atoms with Gasteiger partial charge in [-0.2, -0.15) is 4.31 Å². The highest BCUT2D eigenvalue weighted by Crippen LogP contribution is 2.31. The Labute approximate surface area is 216 Å². The number of sulfonamides is 1. The van der Waals surface area contributed by atoms with Crippen molar-refractivity contribution >= 4 is 21.6 Å². The van der Waals surface area contributed by atoms with Crippen molar-refractivity contribution in [3.63, 3.8) is 0 Å². The van der Waals surface area contributed by atoms with Crippen LogP contribution < -0.4 is 14.4 Å². The number of nitrogens with zero attached hydrogens (tertiary/aromatic N) is 3. The fourth-order valence-electron chi connectivity index (χ4n) is 4.25. The van der Waals surface area contributed by atoms with Gasteiger partial charge in [-0.05, 0) is 42.0 Å². The summed E-state index contributed by atoms with van der Waals surface area (Å²) in [6, 6.07) is 19.9. The van der Waals surface area contributed by atoms with Gasteiger partial charge in [0.15, 0.2) is 0 Å². The zero-order valence-electron chi connectivity index (χ0n) is 20.8. The highest BCUT2D eigenvalue weighted by atomic mass is 32.2. The van der Waals surface area contributed by atoms with Crippen LogP contribution in [0.3, 0.4) is 0 Å². The van der Waals surface area contributed by atoms with E-state index in [0.29, 0.717) is 31.9 Å². The van der Waals surface area contributed by atoms with Gasteiger partial charge in [-0.15, -0.1) is 0 Å². The topological polar surface area (TPSA) is 79.4 Å². The minimum Gasteiger partial charge on any atom is -0.497 e. The zero-order valence-corrected chi connectivity index (χ0v) is 21.7. The first-order valence-corrected chi connectivity index (χ1v) is 13.3. The molecule has 1 aliphatic heterocycles. The van der Waals surface area contributed by atoms with Crippen LogP contribution in [-0.2, 0) is 21.4 Å². The molecule has 4 rings (SSSR count). The van der Waals surface area contributed by atoms with Gasteiger partial charge >= 0.3 is 0 Å². The van der Waals surface area contributed by atoms with E-state index in [-0.39, 0.29) is 35.5 Å². The molecule has 0 aliphatic carbocycles. The Morgan fingerprint density at radius 3 is 2.22 bits per heavy atom. The number of methoxy groups -OCH3 is 2. The van der Waals surface area contributed by atoms with Crippen molar-refractivity contribution in [3.05, 3.63) is 84.2 Å². The fourth-order valence-corrected chi connectivity index (χ4v) is 5.80. The van der Waals surface area contributed by atoms with Gasteiger partial charge in [-0.25, -0.2) is 12.8 Å². The quantitative estimate of drug-likeness (QED) is 0.425. The number of halogens is 1. The number of carbonyl (C=O) groups excluding carboxylic acids is 1. The number of benzene rings is 3. The summed E-state index contributed by atoms with van der Waals surface area (Å²) in [5, 5.41) is 0. The Hall–Kier alpha value is -3.63. The lowest BCUT2D eigenvalue weighted by Crippen LogP contribution is -2.51. The van der Waals surface area contributed by atoms with Crippen molar-refractivity contribution in [1.82, 2.24) is 9.21 Å². The Morgan fingerprint density at radius 1 is 0.919 bits per heavy atom. The van der Waals surface area contributed by atoms with Crippen LogP contribution in [0, 0.1) is 5.82 Å². The van der Waals surface area contributed by atoms with Crippen LogP contribution in [0.1, 0.15) is 5.56 Å². The van der Waals surface area contributed by atoms with Crippen molar-refractivity contribution in [2.75, 3.05) is 51.8 Å². The molecule has 10 heteroatoms. The van der Waals surface area contributed by atoms with Crippen LogP contribution >= 0.6 is 0 Å². The standard InChI is InChI=1S/C27H30FN3O5S/c1-35-24-12-13-25(36-2)26(18-24)37(33,34)31(19-21-6-4-3-5-7-21)20-27(32)30-16-14-29(15-17-30)23-10-8-22(28)9-11-23/h3-13,18H,14-17,19-20H2,1-2H3. The van der Waals surface area contributed by atoms with Gasteiger partial charge in [0.25, 0.3) is 0 Å². The Kier molecular flexibility index (Phi) is 8.30. The molecule has 1 aliphatic rings. The fraction of sp³-hybridized carbons (Fsp3) is 0.296. The van der Waals surface area contributed by atoms with Crippen molar-refractivity contribution in [2.24, 2.45) is 0 Å². The van der Waals surface area contributed by atoms with Crippen molar-refractivity contribution in [3.8, 4) is 11.5 Å². The van der Waals surface area contributed by atoms with E-state index in [0.717, 1.165) is 11.3 Å². The van der Waals surface area contributed by atoms with E-state index in [1.807, 2.05) is 30.3 Å². The van der Waals surface area contributed by atoms with E-state index in [4.69, 9.17) is 9.47 Å². The van der Waals surface area contributed by atoms with Gasteiger partial charge in [0.2, 0.25) is 15.9 Å². The molecule has 1 amide bonds. The molecule has 3 aromatic rings. The molecule has 1 saturated heterocycles. The number of ether oxygens (including phenoxy) is 2. The molecular weight excluding hydrogens is 497 g/mol. The van der Waals surface area contributed by atoms with Crippen LogP contribution in [0.25, 0.3) is 0 Å². The molecule has 0 aromatic heterocycles. The third-order valence-electron chi connectivity index (χ3n) is 6.33. The maximum atomic E-state index is 13.8. The Morgan fingerprint density at radius 2 is 1.59 bits per heavy atom.